The van der Waals surface area contributed by atoms with E-state index in [0.717, 1.165) is 16.9 Å². The van der Waals surface area contributed by atoms with Gasteiger partial charge in [0.05, 0.1) is 7.11 Å². The summed E-state index contributed by atoms with van der Waals surface area (Å²) in [6.07, 6.45) is 3.55. The second-order valence-corrected chi connectivity index (χ2v) is 5.88. The number of esters is 1. The first-order valence-electron chi connectivity index (χ1n) is 8.07. The van der Waals surface area contributed by atoms with Crippen LogP contribution in [0.1, 0.15) is 11.1 Å². The standard InChI is InChI=1S/C20H20ClNO4/c1-25-18-9-4-16(5-10-18)12-13-22-19(23)14-26-20(24)11-6-15-2-7-17(21)8-3-15/h2-11H,12-14H2,1H3,(H,22,23)/b11-6+. The Morgan fingerprint density at radius 2 is 1.77 bits per heavy atom. The number of methoxy groups -OCH3 is 1. The van der Waals surface area contributed by atoms with Gasteiger partial charge in [0.25, 0.3) is 5.91 Å². The summed E-state index contributed by atoms with van der Waals surface area (Å²) < 4.78 is 9.99. The van der Waals surface area contributed by atoms with Crippen molar-refractivity contribution in [2.24, 2.45) is 0 Å². The highest BCUT2D eigenvalue weighted by atomic mass is 35.5. The topological polar surface area (TPSA) is 64.6 Å². The molecule has 2 aromatic carbocycles. The largest absolute Gasteiger partial charge is 0.497 e. The molecule has 2 aromatic rings. The molecule has 0 aliphatic carbocycles. The highest BCUT2D eigenvalue weighted by molar-refractivity contribution is 6.30. The Morgan fingerprint density at radius 1 is 1.08 bits per heavy atom. The molecule has 0 heterocycles. The second kappa shape index (κ2) is 10.3. The lowest BCUT2D eigenvalue weighted by atomic mass is 10.1. The number of ether oxygens (including phenoxy) is 2. The predicted molar refractivity (Wildman–Crippen MR) is 101 cm³/mol. The van der Waals surface area contributed by atoms with E-state index in [1.807, 2.05) is 24.3 Å². The van der Waals surface area contributed by atoms with Gasteiger partial charge in [-0.05, 0) is 47.9 Å². The summed E-state index contributed by atoms with van der Waals surface area (Å²) >= 11 is 5.79. The lowest BCUT2D eigenvalue weighted by Gasteiger charge is -2.06. The zero-order chi connectivity index (χ0) is 18.8. The molecular formula is C20H20ClNO4. The first-order chi connectivity index (χ1) is 12.6. The van der Waals surface area contributed by atoms with Crippen molar-refractivity contribution in [2.45, 2.75) is 6.42 Å². The van der Waals surface area contributed by atoms with E-state index in [2.05, 4.69) is 5.32 Å². The Kier molecular flexibility index (Phi) is 7.71. The van der Waals surface area contributed by atoms with Crippen molar-refractivity contribution in [1.82, 2.24) is 5.32 Å². The number of benzene rings is 2. The van der Waals surface area contributed by atoms with Gasteiger partial charge in [-0.1, -0.05) is 35.9 Å². The van der Waals surface area contributed by atoms with Gasteiger partial charge < -0.3 is 14.8 Å². The second-order valence-electron chi connectivity index (χ2n) is 5.44. The number of halogens is 1. The monoisotopic (exact) mass is 373 g/mol. The molecule has 5 nitrogen and oxygen atoms in total. The molecule has 0 aliphatic rings. The van der Waals surface area contributed by atoms with Gasteiger partial charge in [-0.2, -0.15) is 0 Å². The van der Waals surface area contributed by atoms with Gasteiger partial charge in [0.1, 0.15) is 5.75 Å². The van der Waals surface area contributed by atoms with Crippen LogP contribution in [0.5, 0.6) is 5.75 Å². The van der Waals surface area contributed by atoms with Gasteiger partial charge in [0.15, 0.2) is 6.61 Å². The average Bonchev–Trinajstić information content (AvgIpc) is 2.66. The highest BCUT2D eigenvalue weighted by Crippen LogP contribution is 2.11. The molecule has 0 atom stereocenters. The van der Waals surface area contributed by atoms with Gasteiger partial charge >= 0.3 is 5.97 Å². The summed E-state index contributed by atoms with van der Waals surface area (Å²) in [6.45, 7) is 0.149. The van der Waals surface area contributed by atoms with E-state index in [4.69, 9.17) is 21.1 Å². The fourth-order valence-electron chi connectivity index (χ4n) is 2.11. The molecule has 0 unspecified atom stereocenters. The van der Waals surface area contributed by atoms with Crippen molar-refractivity contribution in [3.63, 3.8) is 0 Å². The van der Waals surface area contributed by atoms with Crippen molar-refractivity contribution in [3.8, 4) is 5.75 Å². The molecule has 0 fully saturated rings. The van der Waals surface area contributed by atoms with Crippen molar-refractivity contribution >= 4 is 29.6 Å². The third-order valence-electron chi connectivity index (χ3n) is 3.52. The molecule has 6 heteroatoms. The maximum absolute atomic E-state index is 11.7. The van der Waals surface area contributed by atoms with Gasteiger partial charge in [-0.25, -0.2) is 4.79 Å². The van der Waals surface area contributed by atoms with Crippen LogP contribution in [0.25, 0.3) is 6.08 Å². The number of carbonyl (C=O) groups is 2. The maximum atomic E-state index is 11.7. The number of hydrogen-bond donors (Lipinski definition) is 1. The third-order valence-corrected chi connectivity index (χ3v) is 3.77. The Morgan fingerprint density at radius 3 is 2.42 bits per heavy atom. The molecule has 0 aliphatic heterocycles. The minimum absolute atomic E-state index is 0.313. The first-order valence-corrected chi connectivity index (χ1v) is 8.44. The van der Waals surface area contributed by atoms with Crippen LogP contribution < -0.4 is 10.1 Å². The predicted octanol–water partition coefficient (Wildman–Crippen LogP) is 3.26. The van der Waals surface area contributed by atoms with Crippen molar-refractivity contribution in [1.29, 1.82) is 0 Å². The summed E-state index contributed by atoms with van der Waals surface area (Å²) in [5.74, 6) is -0.131. The molecule has 0 spiro atoms. The van der Waals surface area contributed by atoms with Crippen LogP contribution >= 0.6 is 11.6 Å². The Hall–Kier alpha value is -2.79. The molecule has 0 aromatic heterocycles. The molecule has 26 heavy (non-hydrogen) atoms. The van der Waals surface area contributed by atoms with Crippen LogP contribution in [0.15, 0.2) is 54.6 Å². The van der Waals surface area contributed by atoms with E-state index in [9.17, 15) is 9.59 Å². The number of hydrogen-bond acceptors (Lipinski definition) is 4. The molecule has 0 radical (unpaired) electrons. The van der Waals surface area contributed by atoms with Crippen LogP contribution in [-0.4, -0.2) is 32.1 Å². The van der Waals surface area contributed by atoms with E-state index < -0.39 is 5.97 Å². The molecule has 0 bridgehead atoms. The molecule has 136 valence electrons. The molecule has 0 saturated heterocycles. The average molecular weight is 374 g/mol. The number of nitrogens with one attached hydrogen (secondary N) is 1. The Bertz CT molecular complexity index is 754. The molecular weight excluding hydrogens is 354 g/mol. The summed E-state index contributed by atoms with van der Waals surface area (Å²) in [7, 11) is 1.61. The maximum Gasteiger partial charge on any atom is 0.331 e. The number of amides is 1. The van der Waals surface area contributed by atoms with Crippen LogP contribution in [0.4, 0.5) is 0 Å². The Balaban J connectivity index is 1.65. The van der Waals surface area contributed by atoms with Crippen molar-refractivity contribution in [3.05, 3.63) is 70.8 Å². The van der Waals surface area contributed by atoms with E-state index in [1.54, 1.807) is 37.5 Å². The van der Waals surface area contributed by atoms with Gasteiger partial charge in [0, 0.05) is 17.6 Å². The van der Waals surface area contributed by atoms with Crippen LogP contribution in [0.2, 0.25) is 5.02 Å². The zero-order valence-electron chi connectivity index (χ0n) is 14.4. The molecule has 1 N–H and O–H groups in total. The fourth-order valence-corrected chi connectivity index (χ4v) is 2.24. The van der Waals surface area contributed by atoms with E-state index in [0.29, 0.717) is 18.0 Å². The van der Waals surface area contributed by atoms with Crippen molar-refractivity contribution < 1.29 is 19.1 Å². The molecule has 0 saturated carbocycles. The SMILES string of the molecule is COc1ccc(CCNC(=O)COC(=O)/C=C/c2ccc(Cl)cc2)cc1. The van der Waals surface area contributed by atoms with E-state index >= 15 is 0 Å². The van der Waals surface area contributed by atoms with E-state index in [-0.39, 0.29) is 12.5 Å². The first kappa shape index (κ1) is 19.5. The Labute approximate surface area is 157 Å². The minimum atomic E-state index is -0.578. The highest BCUT2D eigenvalue weighted by Gasteiger charge is 2.05. The van der Waals surface area contributed by atoms with Gasteiger partial charge in [0.2, 0.25) is 0 Å². The summed E-state index contributed by atoms with van der Waals surface area (Å²) in [4.78, 5) is 23.3. The third kappa shape index (κ3) is 6.99. The summed E-state index contributed by atoms with van der Waals surface area (Å²) in [6, 6.07) is 14.6. The summed E-state index contributed by atoms with van der Waals surface area (Å²) in [5, 5.41) is 3.33. The molecule has 2 rings (SSSR count). The number of carbonyl (C=O) groups excluding carboxylic acids is 2. The number of rotatable bonds is 8. The summed E-state index contributed by atoms with van der Waals surface area (Å²) in [5.41, 5.74) is 1.89. The van der Waals surface area contributed by atoms with Crippen molar-refractivity contribution in [2.75, 3.05) is 20.3 Å². The lowest BCUT2D eigenvalue weighted by Crippen LogP contribution is -2.30. The van der Waals surface area contributed by atoms with E-state index in [1.165, 1.54) is 6.08 Å². The van der Waals surface area contributed by atoms with Crippen LogP contribution in [0.3, 0.4) is 0 Å². The lowest BCUT2D eigenvalue weighted by molar-refractivity contribution is -0.143. The zero-order valence-corrected chi connectivity index (χ0v) is 15.2. The van der Waals surface area contributed by atoms with Crippen LogP contribution in [-0.2, 0) is 20.7 Å². The minimum Gasteiger partial charge on any atom is -0.497 e. The molecule has 1 amide bonds. The quantitative estimate of drug-likeness (QED) is 0.569. The fraction of sp³-hybridized carbons (Fsp3) is 0.200. The van der Waals surface area contributed by atoms with Gasteiger partial charge in [-0.15, -0.1) is 0 Å². The van der Waals surface area contributed by atoms with Gasteiger partial charge in [-0.3, -0.25) is 4.79 Å². The smallest absolute Gasteiger partial charge is 0.331 e. The normalized spacial score (nSPS) is 10.5. The van der Waals surface area contributed by atoms with Crippen LogP contribution in [0, 0.1) is 0 Å².